The highest BCUT2D eigenvalue weighted by Crippen LogP contribution is 2.31. The first-order valence-corrected chi connectivity index (χ1v) is 6.64. The van der Waals surface area contributed by atoms with Crippen molar-refractivity contribution in [1.29, 1.82) is 0 Å². The lowest BCUT2D eigenvalue weighted by Gasteiger charge is -2.37. The maximum atomic E-state index is 5.99. The summed E-state index contributed by atoms with van der Waals surface area (Å²) in [6.07, 6.45) is 9.46. The predicted octanol–water partition coefficient (Wildman–Crippen LogP) is 2.38. The lowest BCUT2D eigenvalue weighted by Crippen LogP contribution is -2.41. The van der Waals surface area contributed by atoms with Gasteiger partial charge in [-0.1, -0.05) is 19.8 Å². The molecule has 4 atom stereocenters. The predicted molar refractivity (Wildman–Crippen MR) is 64.8 cm³/mol. The van der Waals surface area contributed by atoms with Crippen molar-refractivity contribution in [3.05, 3.63) is 0 Å². The second kappa shape index (κ2) is 4.84. The molecule has 4 unspecified atom stereocenters. The molecule has 2 nitrogen and oxygen atoms in total. The molecule has 0 saturated heterocycles. The summed E-state index contributed by atoms with van der Waals surface area (Å²) < 4.78 is 0. The highest BCUT2D eigenvalue weighted by Gasteiger charge is 2.31. The second-order valence-corrected chi connectivity index (χ2v) is 5.82. The van der Waals surface area contributed by atoms with Gasteiger partial charge in [-0.2, -0.15) is 0 Å². The van der Waals surface area contributed by atoms with E-state index in [1.807, 2.05) is 0 Å². The Morgan fingerprint density at radius 2 is 1.73 bits per heavy atom. The number of nitrogens with zero attached hydrogens (tertiary/aromatic N) is 1. The number of hydrogen-bond donors (Lipinski definition) is 1. The number of hydrogen-bond acceptors (Lipinski definition) is 2. The van der Waals surface area contributed by atoms with Gasteiger partial charge in [-0.15, -0.1) is 0 Å². The smallest absolute Gasteiger partial charge is 0.0110 e. The van der Waals surface area contributed by atoms with E-state index in [1.54, 1.807) is 0 Å². The van der Waals surface area contributed by atoms with Crippen LogP contribution in [0.3, 0.4) is 0 Å². The van der Waals surface area contributed by atoms with Crippen molar-refractivity contribution in [3.63, 3.8) is 0 Å². The average molecular weight is 210 g/mol. The van der Waals surface area contributed by atoms with Crippen molar-refractivity contribution in [2.45, 2.75) is 70.0 Å². The fraction of sp³-hybridized carbons (Fsp3) is 1.00. The van der Waals surface area contributed by atoms with Gasteiger partial charge in [0.15, 0.2) is 0 Å². The Bertz CT molecular complexity index is 205. The summed E-state index contributed by atoms with van der Waals surface area (Å²) in [5, 5.41) is 0. The third-order valence-electron chi connectivity index (χ3n) is 4.51. The largest absolute Gasteiger partial charge is 0.328 e. The van der Waals surface area contributed by atoms with Gasteiger partial charge in [0.2, 0.25) is 0 Å². The molecule has 2 aliphatic rings. The van der Waals surface area contributed by atoms with E-state index >= 15 is 0 Å². The fourth-order valence-corrected chi connectivity index (χ4v) is 3.43. The molecule has 2 saturated carbocycles. The average Bonchev–Trinajstić information content (AvgIpc) is 2.64. The molecule has 0 aliphatic heterocycles. The van der Waals surface area contributed by atoms with Gasteiger partial charge in [0.1, 0.15) is 0 Å². The van der Waals surface area contributed by atoms with E-state index < -0.39 is 0 Å². The van der Waals surface area contributed by atoms with Crippen LogP contribution in [-0.2, 0) is 0 Å². The molecule has 0 radical (unpaired) electrons. The van der Waals surface area contributed by atoms with Crippen LogP contribution in [0.4, 0.5) is 0 Å². The van der Waals surface area contributed by atoms with Crippen LogP contribution < -0.4 is 5.73 Å². The van der Waals surface area contributed by atoms with Crippen LogP contribution >= 0.6 is 0 Å². The van der Waals surface area contributed by atoms with Gasteiger partial charge in [-0.3, -0.25) is 0 Å². The minimum atomic E-state index is 0.471. The van der Waals surface area contributed by atoms with Crippen LogP contribution in [0, 0.1) is 5.92 Å². The first-order valence-electron chi connectivity index (χ1n) is 6.64. The van der Waals surface area contributed by atoms with E-state index in [2.05, 4.69) is 18.9 Å². The highest BCUT2D eigenvalue weighted by atomic mass is 15.2. The summed E-state index contributed by atoms with van der Waals surface area (Å²) in [5.41, 5.74) is 5.99. The van der Waals surface area contributed by atoms with Crippen molar-refractivity contribution < 1.29 is 0 Å². The zero-order valence-corrected chi connectivity index (χ0v) is 10.3. The van der Waals surface area contributed by atoms with Crippen molar-refractivity contribution >= 4 is 0 Å². The molecule has 0 aromatic heterocycles. The third kappa shape index (κ3) is 2.73. The number of nitrogens with two attached hydrogens (primary N) is 1. The Balaban J connectivity index is 1.86. The van der Waals surface area contributed by atoms with E-state index in [4.69, 9.17) is 5.73 Å². The van der Waals surface area contributed by atoms with Crippen molar-refractivity contribution in [2.24, 2.45) is 11.7 Å². The minimum Gasteiger partial charge on any atom is -0.328 e. The summed E-state index contributed by atoms with van der Waals surface area (Å²) >= 11 is 0. The topological polar surface area (TPSA) is 29.3 Å². The van der Waals surface area contributed by atoms with E-state index in [0.29, 0.717) is 6.04 Å². The lowest BCUT2D eigenvalue weighted by atomic mass is 9.86. The zero-order chi connectivity index (χ0) is 10.8. The van der Waals surface area contributed by atoms with Gasteiger partial charge in [0.05, 0.1) is 0 Å². The van der Waals surface area contributed by atoms with E-state index in [-0.39, 0.29) is 0 Å². The van der Waals surface area contributed by atoms with Gasteiger partial charge in [-0.25, -0.2) is 0 Å². The van der Waals surface area contributed by atoms with Crippen LogP contribution in [0.2, 0.25) is 0 Å². The first kappa shape index (κ1) is 11.4. The Kier molecular flexibility index (Phi) is 3.68. The van der Waals surface area contributed by atoms with Gasteiger partial charge in [0, 0.05) is 18.1 Å². The SMILES string of the molecule is CC1CCCC(N(C)C2CCC(N)C2)C1. The summed E-state index contributed by atoms with van der Waals surface area (Å²) in [7, 11) is 2.32. The normalized spacial score (nSPS) is 42.4. The maximum absolute atomic E-state index is 5.99. The highest BCUT2D eigenvalue weighted by molar-refractivity contribution is 4.88. The quantitative estimate of drug-likeness (QED) is 0.758. The van der Waals surface area contributed by atoms with Gasteiger partial charge in [-0.05, 0) is 45.1 Å². The van der Waals surface area contributed by atoms with Crippen LogP contribution in [0.25, 0.3) is 0 Å². The zero-order valence-electron chi connectivity index (χ0n) is 10.3. The molecule has 0 aromatic carbocycles. The van der Waals surface area contributed by atoms with Crippen molar-refractivity contribution in [2.75, 3.05) is 7.05 Å². The molecule has 0 bridgehead atoms. The molecule has 2 rings (SSSR count). The molecule has 2 fully saturated rings. The van der Waals surface area contributed by atoms with Gasteiger partial charge in [0.25, 0.3) is 0 Å². The van der Waals surface area contributed by atoms with Gasteiger partial charge < -0.3 is 10.6 Å². The molecule has 2 aliphatic carbocycles. The molecule has 2 N–H and O–H groups in total. The van der Waals surface area contributed by atoms with Crippen LogP contribution in [0.5, 0.6) is 0 Å². The molecule has 0 amide bonds. The molecule has 0 spiro atoms. The first-order chi connectivity index (χ1) is 7.16. The molecule has 15 heavy (non-hydrogen) atoms. The van der Waals surface area contributed by atoms with Gasteiger partial charge >= 0.3 is 0 Å². The Hall–Kier alpha value is -0.0800. The van der Waals surface area contributed by atoms with Crippen LogP contribution in [0.1, 0.15) is 51.9 Å². The van der Waals surface area contributed by atoms with Crippen LogP contribution in [0.15, 0.2) is 0 Å². The van der Waals surface area contributed by atoms with E-state index in [0.717, 1.165) is 18.0 Å². The molecule has 0 heterocycles. The van der Waals surface area contributed by atoms with E-state index in [9.17, 15) is 0 Å². The minimum absolute atomic E-state index is 0.471. The summed E-state index contributed by atoms with van der Waals surface area (Å²) in [5.74, 6) is 0.932. The van der Waals surface area contributed by atoms with Crippen LogP contribution in [-0.4, -0.2) is 30.1 Å². The Labute approximate surface area is 94.2 Å². The fourth-order valence-electron chi connectivity index (χ4n) is 3.43. The lowest BCUT2D eigenvalue weighted by molar-refractivity contribution is 0.119. The van der Waals surface area contributed by atoms with E-state index in [1.165, 1.54) is 44.9 Å². The molecular weight excluding hydrogens is 184 g/mol. The molecule has 88 valence electrons. The summed E-state index contributed by atoms with van der Waals surface area (Å²) in [4.78, 5) is 2.64. The molecular formula is C13H26N2. The Morgan fingerprint density at radius 1 is 1.00 bits per heavy atom. The Morgan fingerprint density at radius 3 is 2.33 bits per heavy atom. The summed E-state index contributed by atoms with van der Waals surface area (Å²) in [6, 6.07) is 2.08. The second-order valence-electron chi connectivity index (χ2n) is 5.82. The molecule has 0 aromatic rings. The standard InChI is InChI=1S/C13H26N2/c1-10-4-3-5-12(8-10)15(2)13-7-6-11(14)9-13/h10-13H,3-9,14H2,1-2H3. The maximum Gasteiger partial charge on any atom is 0.0110 e. The third-order valence-corrected chi connectivity index (χ3v) is 4.51. The summed E-state index contributed by atoms with van der Waals surface area (Å²) in [6.45, 7) is 2.40. The molecule has 2 heteroatoms. The van der Waals surface area contributed by atoms with Crippen molar-refractivity contribution in [1.82, 2.24) is 4.90 Å². The van der Waals surface area contributed by atoms with Crippen molar-refractivity contribution in [3.8, 4) is 0 Å². The number of rotatable bonds is 2. The monoisotopic (exact) mass is 210 g/mol.